The summed E-state index contributed by atoms with van der Waals surface area (Å²) in [6, 6.07) is 15.7. The minimum Gasteiger partial charge on any atom is -0.481 e. The van der Waals surface area contributed by atoms with Crippen molar-refractivity contribution in [1.29, 1.82) is 0 Å². The lowest BCUT2D eigenvalue weighted by molar-refractivity contribution is -0.142. The molecule has 0 spiro atoms. The van der Waals surface area contributed by atoms with Crippen molar-refractivity contribution in [3.63, 3.8) is 0 Å². The number of carbonyl (C=O) groups is 3. The van der Waals surface area contributed by atoms with Gasteiger partial charge in [-0.15, -0.1) is 0 Å². The van der Waals surface area contributed by atoms with Crippen LogP contribution in [0.2, 0.25) is 0 Å². The van der Waals surface area contributed by atoms with E-state index in [0.717, 1.165) is 22.3 Å². The van der Waals surface area contributed by atoms with Crippen LogP contribution in [-0.4, -0.2) is 53.2 Å². The van der Waals surface area contributed by atoms with E-state index in [9.17, 15) is 14.4 Å². The van der Waals surface area contributed by atoms with Crippen molar-refractivity contribution in [2.24, 2.45) is 11.8 Å². The molecule has 7 nitrogen and oxygen atoms in total. The lowest BCUT2D eigenvalue weighted by atomic mass is 9.87. The minimum absolute atomic E-state index is 0.0431. The van der Waals surface area contributed by atoms with Gasteiger partial charge in [-0.3, -0.25) is 9.59 Å². The second-order valence-electron chi connectivity index (χ2n) is 9.80. The normalized spacial score (nSPS) is 14.3. The summed E-state index contributed by atoms with van der Waals surface area (Å²) in [5.74, 6) is -1.72. The lowest BCUT2D eigenvalue weighted by Crippen LogP contribution is -2.51. The molecule has 0 bridgehead atoms. The minimum atomic E-state index is -0.950. The Bertz CT molecular complexity index is 1020. The zero-order chi connectivity index (χ0) is 25.7. The van der Waals surface area contributed by atoms with Crippen molar-refractivity contribution in [2.75, 3.05) is 13.2 Å². The second-order valence-corrected chi connectivity index (χ2v) is 9.80. The van der Waals surface area contributed by atoms with Gasteiger partial charge in [-0.2, -0.15) is 0 Å². The highest BCUT2D eigenvalue weighted by Crippen LogP contribution is 2.44. The zero-order valence-corrected chi connectivity index (χ0v) is 21.2. The van der Waals surface area contributed by atoms with Crippen LogP contribution >= 0.6 is 0 Å². The smallest absolute Gasteiger partial charge is 0.407 e. The Morgan fingerprint density at radius 2 is 1.49 bits per heavy atom. The molecule has 1 aliphatic carbocycles. The molecule has 2 aromatic carbocycles. The zero-order valence-electron chi connectivity index (χ0n) is 21.2. The van der Waals surface area contributed by atoms with Crippen molar-refractivity contribution in [3.05, 3.63) is 59.7 Å². The number of hydrogen-bond acceptors (Lipinski definition) is 4. The van der Waals surface area contributed by atoms with Gasteiger partial charge in [0.15, 0.2) is 0 Å². The molecule has 3 rings (SSSR count). The van der Waals surface area contributed by atoms with Gasteiger partial charge in [0.2, 0.25) is 5.91 Å². The van der Waals surface area contributed by atoms with Gasteiger partial charge in [-0.05, 0) is 48.9 Å². The van der Waals surface area contributed by atoms with E-state index >= 15 is 0 Å². The number of benzene rings is 2. The van der Waals surface area contributed by atoms with Crippen LogP contribution in [-0.2, 0) is 14.3 Å². The summed E-state index contributed by atoms with van der Waals surface area (Å²) in [7, 11) is 0. The van der Waals surface area contributed by atoms with Crippen molar-refractivity contribution in [1.82, 2.24) is 10.2 Å². The summed E-state index contributed by atoms with van der Waals surface area (Å²) in [6.07, 6.45) is -0.692. The fraction of sp³-hybridized carbons (Fsp3) is 0.464. The van der Waals surface area contributed by atoms with Crippen LogP contribution in [0.3, 0.4) is 0 Å². The molecule has 0 fully saturated rings. The molecule has 2 unspecified atom stereocenters. The number of fused-ring (bicyclic) bond motifs is 3. The quantitative estimate of drug-likeness (QED) is 0.504. The molecule has 35 heavy (non-hydrogen) atoms. The monoisotopic (exact) mass is 480 g/mol. The van der Waals surface area contributed by atoms with E-state index in [1.165, 1.54) is 0 Å². The molecule has 188 valence electrons. The molecule has 7 heteroatoms. The first-order valence-corrected chi connectivity index (χ1v) is 12.3. The highest BCUT2D eigenvalue weighted by atomic mass is 16.5. The van der Waals surface area contributed by atoms with Gasteiger partial charge in [0, 0.05) is 24.5 Å². The average Bonchev–Trinajstić information content (AvgIpc) is 3.11. The predicted octanol–water partition coefficient (Wildman–Crippen LogP) is 4.90. The number of amides is 2. The van der Waals surface area contributed by atoms with Crippen molar-refractivity contribution < 1.29 is 24.2 Å². The SMILES string of the molecule is CC(C)C(C(=O)N(CCC(=O)O)C(C)C)C(C)NC(=O)OCC1c2ccccc2-c2ccccc21. The van der Waals surface area contributed by atoms with Crippen LogP contribution in [0.4, 0.5) is 4.79 Å². The summed E-state index contributed by atoms with van der Waals surface area (Å²) < 4.78 is 5.65. The van der Waals surface area contributed by atoms with Gasteiger partial charge in [0.25, 0.3) is 0 Å². The van der Waals surface area contributed by atoms with Crippen LogP contribution < -0.4 is 5.32 Å². The molecule has 0 radical (unpaired) electrons. The third kappa shape index (κ3) is 6.02. The molecule has 2 aromatic rings. The third-order valence-corrected chi connectivity index (χ3v) is 6.70. The lowest BCUT2D eigenvalue weighted by Gasteiger charge is -2.35. The summed E-state index contributed by atoms with van der Waals surface area (Å²) in [5, 5.41) is 11.9. The van der Waals surface area contributed by atoms with E-state index in [-0.39, 0.29) is 43.4 Å². The first kappa shape index (κ1) is 26.3. The third-order valence-electron chi connectivity index (χ3n) is 6.70. The molecule has 0 saturated carbocycles. The van der Waals surface area contributed by atoms with E-state index < -0.39 is 24.0 Å². The fourth-order valence-electron chi connectivity index (χ4n) is 5.02. The topological polar surface area (TPSA) is 95.9 Å². The maximum Gasteiger partial charge on any atom is 0.407 e. The van der Waals surface area contributed by atoms with Gasteiger partial charge in [0.1, 0.15) is 6.61 Å². The summed E-state index contributed by atoms with van der Waals surface area (Å²) in [4.78, 5) is 38.7. The fourth-order valence-corrected chi connectivity index (χ4v) is 5.02. The van der Waals surface area contributed by atoms with Crippen LogP contribution in [0.5, 0.6) is 0 Å². The molecule has 2 atom stereocenters. The van der Waals surface area contributed by atoms with Crippen molar-refractivity contribution in [2.45, 2.75) is 59.0 Å². The maximum absolute atomic E-state index is 13.3. The van der Waals surface area contributed by atoms with Gasteiger partial charge in [0.05, 0.1) is 12.3 Å². The standard InChI is InChI=1S/C28H36N2O5/c1-17(2)26(27(33)30(18(3)4)15-14-25(31)32)19(5)29-28(34)35-16-24-22-12-8-6-10-20(22)21-11-7-9-13-23(21)24/h6-13,17-19,24,26H,14-16H2,1-5H3,(H,29,34)(H,31,32). The average molecular weight is 481 g/mol. The van der Waals surface area contributed by atoms with Crippen molar-refractivity contribution in [3.8, 4) is 11.1 Å². The van der Waals surface area contributed by atoms with E-state index in [1.807, 2.05) is 52.0 Å². The van der Waals surface area contributed by atoms with E-state index in [1.54, 1.807) is 11.8 Å². The van der Waals surface area contributed by atoms with Crippen LogP contribution in [0.25, 0.3) is 11.1 Å². The first-order chi connectivity index (χ1) is 16.6. The van der Waals surface area contributed by atoms with Crippen LogP contribution in [0.1, 0.15) is 58.1 Å². The van der Waals surface area contributed by atoms with Crippen molar-refractivity contribution >= 4 is 18.0 Å². The van der Waals surface area contributed by atoms with Crippen LogP contribution in [0, 0.1) is 11.8 Å². The maximum atomic E-state index is 13.3. The molecule has 2 amide bonds. The number of carboxylic acid groups (broad SMARTS) is 1. The molecular formula is C28H36N2O5. The number of ether oxygens (including phenoxy) is 1. The Kier molecular flexibility index (Phi) is 8.54. The summed E-state index contributed by atoms with van der Waals surface area (Å²) in [5.41, 5.74) is 4.59. The Hall–Kier alpha value is -3.35. The van der Waals surface area contributed by atoms with Gasteiger partial charge < -0.3 is 20.1 Å². The molecule has 0 heterocycles. The van der Waals surface area contributed by atoms with Gasteiger partial charge in [-0.1, -0.05) is 62.4 Å². The summed E-state index contributed by atoms with van der Waals surface area (Å²) >= 11 is 0. The Morgan fingerprint density at radius 3 is 1.97 bits per heavy atom. The molecule has 1 aliphatic rings. The van der Waals surface area contributed by atoms with Gasteiger partial charge in [-0.25, -0.2) is 4.79 Å². The number of carbonyl (C=O) groups excluding carboxylic acids is 2. The molecule has 0 aromatic heterocycles. The number of nitrogens with zero attached hydrogens (tertiary/aromatic N) is 1. The summed E-state index contributed by atoms with van der Waals surface area (Å²) in [6.45, 7) is 9.69. The molecular weight excluding hydrogens is 444 g/mol. The Labute approximate surface area is 207 Å². The number of alkyl carbamates (subject to hydrolysis) is 1. The first-order valence-electron chi connectivity index (χ1n) is 12.3. The van der Waals surface area contributed by atoms with Crippen LogP contribution in [0.15, 0.2) is 48.5 Å². The number of aliphatic carboxylic acids is 1. The Balaban J connectivity index is 1.66. The Morgan fingerprint density at radius 1 is 0.943 bits per heavy atom. The highest BCUT2D eigenvalue weighted by molar-refractivity contribution is 5.82. The highest BCUT2D eigenvalue weighted by Gasteiger charge is 2.35. The molecule has 0 aliphatic heterocycles. The van der Waals surface area contributed by atoms with Gasteiger partial charge >= 0.3 is 12.1 Å². The number of carboxylic acids is 1. The largest absolute Gasteiger partial charge is 0.481 e. The van der Waals surface area contributed by atoms with E-state index in [2.05, 4.69) is 29.6 Å². The van der Waals surface area contributed by atoms with E-state index in [0.29, 0.717) is 0 Å². The predicted molar refractivity (Wildman–Crippen MR) is 135 cm³/mol. The molecule has 2 N–H and O–H groups in total. The number of hydrogen-bond donors (Lipinski definition) is 2. The number of rotatable bonds is 10. The number of nitrogens with one attached hydrogen (secondary N) is 1. The molecule has 0 saturated heterocycles. The van der Waals surface area contributed by atoms with E-state index in [4.69, 9.17) is 9.84 Å². The second kappa shape index (κ2) is 11.4.